The Bertz CT molecular complexity index is 3240. The predicted molar refractivity (Wildman–Crippen MR) is 288 cm³/mol. The molecule has 4 aromatic rings. The van der Waals surface area contributed by atoms with Gasteiger partial charge < -0.3 is 39.2 Å². The van der Waals surface area contributed by atoms with Crippen molar-refractivity contribution in [1.82, 2.24) is 30.7 Å². The third kappa shape index (κ3) is 14.3. The highest BCUT2D eigenvalue weighted by molar-refractivity contribution is 8.03. The first-order chi connectivity index (χ1) is 40.0. The number of carbonyl (C=O) groups is 7. The third-order valence-electron chi connectivity index (χ3n) is 13.8. The highest BCUT2D eigenvalue weighted by Gasteiger charge is 2.61. The number of thioether (sulfide) groups is 1. The van der Waals surface area contributed by atoms with Crippen LogP contribution in [0.2, 0.25) is 0 Å². The number of carbonyl (C=O) groups excluding carboxylic acids is 7. The molecule has 84 heavy (non-hydrogen) atoms. The lowest BCUT2D eigenvalue weighted by atomic mass is 9.79. The van der Waals surface area contributed by atoms with Crippen molar-refractivity contribution < 1.29 is 77.3 Å². The van der Waals surface area contributed by atoms with Gasteiger partial charge in [-0.3, -0.25) is 70.4 Å². The van der Waals surface area contributed by atoms with Gasteiger partial charge in [-0.1, -0.05) is 6.92 Å². The fourth-order valence-electron chi connectivity index (χ4n) is 9.53. The van der Waals surface area contributed by atoms with Crippen molar-refractivity contribution in [3.63, 3.8) is 0 Å². The number of likely N-dealkylation sites (tertiary alicyclic amines) is 2. The molecule has 32 heteroatoms. The van der Waals surface area contributed by atoms with Gasteiger partial charge >= 0.3 is 24.2 Å². The van der Waals surface area contributed by atoms with E-state index in [2.05, 4.69) is 20.9 Å². The van der Waals surface area contributed by atoms with Crippen LogP contribution >= 0.6 is 11.8 Å². The lowest BCUT2D eigenvalue weighted by Crippen LogP contribution is -2.64. The molecule has 4 aliphatic rings. The average Bonchev–Trinajstić information content (AvgIpc) is 1.71. The Morgan fingerprint density at radius 2 is 1.10 bits per heavy atom. The van der Waals surface area contributed by atoms with E-state index < -0.39 is 115 Å². The maximum Gasteiger partial charge on any atom is 0.414 e. The average molecular weight is 1180 g/mol. The normalized spacial score (nSPS) is 19.1. The number of hydrogen-bond donors (Lipinski definition) is 4. The Balaban J connectivity index is 0.935. The summed E-state index contributed by atoms with van der Waals surface area (Å²) in [5.41, 5.74) is 0.644. The standard InChI is InChI=1S/C52H51N11O20S/c1-28-43-42(29(2)64)47(67)59(43)44(48(68)80-24-30-3-11-35(12-4-30)60(72)73)45(28)84-39-19-40(58(23-39)52(71)83-27-33-9-17-38(18-10-33)63(78)79)46(66)57-21-34(22-57)54-41(65)20-53-49(55-50(69)81-25-31-5-13-36(14-6-31)61(74)75)56-51(70)82-26-32-7-15-37(16-8-32)62(76)77/h3-18,28-29,34,39-40,42-43,64H,19-27H2,1-2H3,(H,54,65)(H2,53,55,56,69,70)/t28-,29-,39+,40+,42-,43-/m1/s1. The van der Waals surface area contributed by atoms with Gasteiger partial charge in [-0.05, 0) is 84.1 Å². The Labute approximate surface area is 478 Å². The molecular formula is C52H51N11O20S. The number of aliphatic imine (C=N–C) groups is 1. The van der Waals surface area contributed by atoms with Crippen LogP contribution in [0.4, 0.5) is 37.1 Å². The van der Waals surface area contributed by atoms with Crippen molar-refractivity contribution in [2.45, 2.75) is 76.2 Å². The molecule has 6 atom stereocenters. The van der Waals surface area contributed by atoms with E-state index in [0.29, 0.717) is 27.2 Å². The second kappa shape index (κ2) is 26.2. The van der Waals surface area contributed by atoms with Crippen LogP contribution in [-0.4, -0.2) is 143 Å². The van der Waals surface area contributed by atoms with Crippen LogP contribution < -0.4 is 16.0 Å². The van der Waals surface area contributed by atoms with E-state index in [9.17, 15) is 79.1 Å². The number of aliphatic hydroxyl groups excluding tert-OH is 1. The highest BCUT2D eigenvalue weighted by atomic mass is 32.2. The van der Waals surface area contributed by atoms with Gasteiger partial charge in [0.15, 0.2) is 0 Å². The number of nitrogens with zero attached hydrogens (tertiary/aromatic N) is 8. The second-order valence-corrected chi connectivity index (χ2v) is 20.9. The number of benzene rings is 4. The maximum atomic E-state index is 14.4. The van der Waals surface area contributed by atoms with Gasteiger partial charge in [0.1, 0.15) is 44.7 Å². The number of nitrogens with one attached hydrogen (secondary N) is 3. The zero-order chi connectivity index (χ0) is 60.5. The molecule has 0 radical (unpaired) electrons. The number of esters is 1. The molecular weight excluding hydrogens is 1130 g/mol. The molecule has 8 rings (SSSR count). The van der Waals surface area contributed by atoms with Crippen molar-refractivity contribution in [1.29, 1.82) is 0 Å². The molecule has 0 bridgehead atoms. The summed E-state index contributed by atoms with van der Waals surface area (Å²) >= 11 is 1.14. The van der Waals surface area contributed by atoms with E-state index in [1.165, 1.54) is 119 Å². The van der Waals surface area contributed by atoms with Gasteiger partial charge in [0, 0.05) is 84.2 Å². The topological polar surface area (TPSA) is 407 Å². The van der Waals surface area contributed by atoms with Gasteiger partial charge in [-0.25, -0.2) is 24.2 Å². The molecule has 3 fully saturated rings. The second-order valence-electron chi connectivity index (χ2n) is 19.5. The number of nitro benzene ring substituents is 4. The molecule has 4 N–H and O–H groups in total. The molecule has 0 aliphatic carbocycles. The number of alkyl carbamates (subject to hydrolysis) is 2. The molecule has 0 saturated carbocycles. The van der Waals surface area contributed by atoms with E-state index in [4.69, 9.17) is 18.9 Å². The zero-order valence-corrected chi connectivity index (χ0v) is 45.1. The summed E-state index contributed by atoms with van der Waals surface area (Å²) in [6.45, 7) is 0.854. The van der Waals surface area contributed by atoms with Crippen LogP contribution in [0, 0.1) is 52.3 Å². The molecule has 0 aromatic heterocycles. The van der Waals surface area contributed by atoms with Crippen molar-refractivity contribution >= 4 is 82.4 Å². The number of ether oxygens (including phenoxy) is 4. The number of non-ortho nitro benzene ring substituents is 4. The Morgan fingerprint density at radius 3 is 1.52 bits per heavy atom. The summed E-state index contributed by atoms with van der Waals surface area (Å²) in [5, 5.41) is 61.5. The smallest absolute Gasteiger partial charge is 0.414 e. The van der Waals surface area contributed by atoms with Crippen LogP contribution in [0.1, 0.15) is 42.5 Å². The minimum atomic E-state index is -1.17. The molecule has 31 nitrogen and oxygen atoms in total. The highest BCUT2D eigenvalue weighted by Crippen LogP contribution is 2.52. The number of nitro groups is 4. The van der Waals surface area contributed by atoms with Gasteiger partial charge in [0.2, 0.25) is 23.7 Å². The lowest BCUT2D eigenvalue weighted by molar-refractivity contribution is -0.385. The van der Waals surface area contributed by atoms with Crippen LogP contribution in [0.5, 0.6) is 0 Å². The summed E-state index contributed by atoms with van der Waals surface area (Å²) in [6.07, 6.45) is -4.36. The summed E-state index contributed by atoms with van der Waals surface area (Å²) < 4.78 is 21.6. The van der Waals surface area contributed by atoms with E-state index in [-0.39, 0.29) is 80.9 Å². The van der Waals surface area contributed by atoms with Gasteiger partial charge in [0.25, 0.3) is 22.7 Å². The molecule has 0 unspecified atom stereocenters. The number of aliphatic hydroxyl groups is 1. The summed E-state index contributed by atoms with van der Waals surface area (Å²) in [7, 11) is 0. The fourth-order valence-corrected chi connectivity index (χ4v) is 11.0. The number of fused-ring (bicyclic) bond motifs is 1. The Morgan fingerprint density at radius 1 is 0.667 bits per heavy atom. The maximum absolute atomic E-state index is 14.4. The van der Waals surface area contributed by atoms with Gasteiger partial charge in [-0.15, -0.1) is 11.8 Å². The van der Waals surface area contributed by atoms with Crippen LogP contribution in [0.3, 0.4) is 0 Å². The molecule has 4 aromatic carbocycles. The van der Waals surface area contributed by atoms with E-state index >= 15 is 0 Å². The number of hydrogen-bond acceptors (Lipinski definition) is 22. The van der Waals surface area contributed by atoms with E-state index in [1.54, 1.807) is 6.92 Å². The predicted octanol–water partition coefficient (Wildman–Crippen LogP) is 4.48. The quantitative estimate of drug-likeness (QED) is 0.0180. The summed E-state index contributed by atoms with van der Waals surface area (Å²) in [6, 6.07) is 18.2. The molecule has 440 valence electrons. The number of guanidine groups is 1. The SMILES string of the molecule is C[C@@H](O)[C@H]1C(=O)N2C(C(=O)OCc3ccc([N+](=O)[O-])cc3)=C(S[C@H]3C[C@@H](C(=O)N4CC(NC(=O)CN=C(NC(=O)OCc5ccc([N+](=O)[O-])cc5)NC(=O)OCc5ccc([N+](=O)[O-])cc5)C4)N(C(=O)OCc4ccc([N+](=O)[O-])cc4)C3)[C@H](C)[C@H]12. The van der Waals surface area contributed by atoms with Crippen molar-refractivity contribution in [2.75, 3.05) is 26.2 Å². The number of amides is 6. The molecule has 4 heterocycles. The van der Waals surface area contributed by atoms with Crippen molar-refractivity contribution in [3.8, 4) is 0 Å². The minimum Gasteiger partial charge on any atom is -0.456 e. The summed E-state index contributed by atoms with van der Waals surface area (Å²) in [4.78, 5) is 145. The van der Waals surface area contributed by atoms with E-state index in [0.717, 1.165) is 11.8 Å². The minimum absolute atomic E-state index is 0.00639. The van der Waals surface area contributed by atoms with Crippen LogP contribution in [-0.2, 0) is 64.6 Å². The Hall–Kier alpha value is -10.1. The van der Waals surface area contributed by atoms with Crippen LogP contribution in [0.25, 0.3) is 0 Å². The van der Waals surface area contributed by atoms with Crippen molar-refractivity contribution in [2.24, 2.45) is 16.8 Å². The molecule has 0 spiro atoms. The van der Waals surface area contributed by atoms with Crippen LogP contribution in [0.15, 0.2) is 113 Å². The van der Waals surface area contributed by atoms with Gasteiger partial charge in [0.05, 0.1) is 43.8 Å². The number of rotatable bonds is 20. The first-order valence-corrected chi connectivity index (χ1v) is 26.4. The fraction of sp³-hybridized carbons (Fsp3) is 0.346. The van der Waals surface area contributed by atoms with E-state index in [1.807, 2.05) is 0 Å². The zero-order valence-electron chi connectivity index (χ0n) is 44.3. The monoisotopic (exact) mass is 1180 g/mol. The molecule has 3 saturated heterocycles. The molecule has 4 aliphatic heterocycles. The largest absolute Gasteiger partial charge is 0.456 e. The first kappa shape index (κ1) is 60.0. The summed E-state index contributed by atoms with van der Waals surface area (Å²) in [5.74, 6) is -4.72. The number of β-lactam (4-membered cyclic amide) rings is 1. The Kier molecular flexibility index (Phi) is 18.7. The third-order valence-corrected chi connectivity index (χ3v) is 15.3. The molecule has 6 amide bonds. The first-order valence-electron chi connectivity index (χ1n) is 25.5. The lowest BCUT2D eigenvalue weighted by Gasteiger charge is -2.46. The van der Waals surface area contributed by atoms with Crippen molar-refractivity contribution in [3.05, 3.63) is 170 Å². The van der Waals surface area contributed by atoms with Gasteiger partial charge in [-0.2, -0.15) is 0 Å².